The SMILES string of the molecule is CCCNCc1ccc(Sc2nnc(C)o2)c(Cl)c1. The molecule has 102 valence electrons. The van der Waals surface area contributed by atoms with Gasteiger partial charge in [-0.25, -0.2) is 0 Å². The number of benzene rings is 1. The summed E-state index contributed by atoms with van der Waals surface area (Å²) in [6.07, 6.45) is 1.12. The van der Waals surface area contributed by atoms with Crippen molar-refractivity contribution in [1.82, 2.24) is 15.5 Å². The first-order valence-corrected chi connectivity index (χ1v) is 7.35. The van der Waals surface area contributed by atoms with Crippen LogP contribution in [0.25, 0.3) is 0 Å². The number of nitrogens with zero attached hydrogens (tertiary/aromatic N) is 2. The van der Waals surface area contributed by atoms with E-state index in [-0.39, 0.29) is 0 Å². The van der Waals surface area contributed by atoms with Crippen LogP contribution in [-0.4, -0.2) is 16.7 Å². The Bertz CT molecular complexity index is 544. The largest absolute Gasteiger partial charge is 0.416 e. The lowest BCUT2D eigenvalue weighted by Crippen LogP contribution is -2.13. The molecule has 0 saturated heterocycles. The van der Waals surface area contributed by atoms with Gasteiger partial charge in [-0.1, -0.05) is 24.6 Å². The van der Waals surface area contributed by atoms with Crippen LogP contribution in [0.2, 0.25) is 5.02 Å². The van der Waals surface area contributed by atoms with Crippen LogP contribution in [0.3, 0.4) is 0 Å². The summed E-state index contributed by atoms with van der Waals surface area (Å²) in [5.41, 5.74) is 1.17. The third-order valence-electron chi connectivity index (χ3n) is 2.46. The van der Waals surface area contributed by atoms with Crippen LogP contribution in [0.4, 0.5) is 0 Å². The number of rotatable bonds is 6. The summed E-state index contributed by atoms with van der Waals surface area (Å²) in [6.45, 7) is 5.75. The van der Waals surface area contributed by atoms with Gasteiger partial charge in [-0.05, 0) is 42.4 Å². The van der Waals surface area contributed by atoms with Gasteiger partial charge in [0.25, 0.3) is 5.22 Å². The Balaban J connectivity index is 2.02. The van der Waals surface area contributed by atoms with E-state index in [4.69, 9.17) is 16.0 Å². The first kappa shape index (κ1) is 14.4. The van der Waals surface area contributed by atoms with Gasteiger partial charge in [0.1, 0.15) is 0 Å². The molecular weight excluding hydrogens is 282 g/mol. The Kier molecular flexibility index (Phi) is 5.24. The third-order valence-corrected chi connectivity index (χ3v) is 3.80. The molecule has 0 radical (unpaired) electrons. The summed E-state index contributed by atoms with van der Waals surface area (Å²) in [5.74, 6) is 0.555. The van der Waals surface area contributed by atoms with Crippen molar-refractivity contribution in [2.45, 2.75) is 36.9 Å². The molecule has 1 aromatic heterocycles. The molecule has 0 aliphatic rings. The summed E-state index contributed by atoms with van der Waals surface area (Å²) >= 11 is 7.64. The van der Waals surface area contributed by atoms with E-state index in [2.05, 4.69) is 28.5 Å². The highest BCUT2D eigenvalue weighted by atomic mass is 35.5. The Hall–Kier alpha value is -1.04. The summed E-state index contributed by atoms with van der Waals surface area (Å²) in [7, 11) is 0. The average molecular weight is 298 g/mol. The lowest BCUT2D eigenvalue weighted by Gasteiger charge is -2.06. The van der Waals surface area contributed by atoms with Gasteiger partial charge in [0.2, 0.25) is 5.89 Å². The zero-order valence-corrected chi connectivity index (χ0v) is 12.5. The van der Waals surface area contributed by atoms with Crippen LogP contribution in [0, 0.1) is 6.92 Å². The van der Waals surface area contributed by atoms with Crippen molar-refractivity contribution in [3.63, 3.8) is 0 Å². The van der Waals surface area contributed by atoms with E-state index in [0.29, 0.717) is 16.1 Å². The number of halogens is 1. The zero-order valence-electron chi connectivity index (χ0n) is 10.9. The van der Waals surface area contributed by atoms with E-state index >= 15 is 0 Å². The fraction of sp³-hybridized carbons (Fsp3) is 0.385. The maximum atomic E-state index is 6.26. The van der Waals surface area contributed by atoms with Crippen LogP contribution in [0.1, 0.15) is 24.8 Å². The first-order chi connectivity index (χ1) is 9.19. The Morgan fingerprint density at radius 1 is 1.37 bits per heavy atom. The van der Waals surface area contributed by atoms with Crippen LogP contribution >= 0.6 is 23.4 Å². The van der Waals surface area contributed by atoms with Gasteiger partial charge in [-0.15, -0.1) is 10.2 Å². The molecule has 0 amide bonds. The van der Waals surface area contributed by atoms with Crippen molar-refractivity contribution in [3.8, 4) is 0 Å². The highest BCUT2D eigenvalue weighted by molar-refractivity contribution is 7.99. The standard InChI is InChI=1S/C13H16ClN3OS/c1-3-6-15-8-10-4-5-12(11(14)7-10)19-13-17-16-9(2)18-13/h4-5,7,15H,3,6,8H2,1-2H3. The molecule has 2 rings (SSSR count). The van der Waals surface area contributed by atoms with Crippen molar-refractivity contribution >= 4 is 23.4 Å². The second-order valence-corrected chi connectivity index (χ2v) is 5.53. The van der Waals surface area contributed by atoms with Crippen LogP contribution in [0.15, 0.2) is 32.7 Å². The minimum absolute atomic E-state index is 0.510. The summed E-state index contributed by atoms with van der Waals surface area (Å²) in [5, 5.41) is 12.3. The molecule has 0 bridgehead atoms. The summed E-state index contributed by atoms with van der Waals surface area (Å²) in [4.78, 5) is 0.921. The Labute approximate surface area is 121 Å². The molecule has 0 atom stereocenters. The lowest BCUT2D eigenvalue weighted by molar-refractivity contribution is 0.429. The molecule has 0 fully saturated rings. The van der Waals surface area contributed by atoms with E-state index in [9.17, 15) is 0 Å². The van der Waals surface area contributed by atoms with Crippen LogP contribution in [0.5, 0.6) is 0 Å². The average Bonchev–Trinajstić information content (AvgIpc) is 2.79. The van der Waals surface area contributed by atoms with Gasteiger partial charge in [-0.3, -0.25) is 0 Å². The van der Waals surface area contributed by atoms with Gasteiger partial charge in [0.15, 0.2) is 0 Å². The van der Waals surface area contributed by atoms with Crippen molar-refractivity contribution in [1.29, 1.82) is 0 Å². The monoisotopic (exact) mass is 297 g/mol. The molecule has 0 spiro atoms. The number of hydrogen-bond donors (Lipinski definition) is 1. The van der Waals surface area contributed by atoms with E-state index in [1.54, 1.807) is 6.92 Å². The predicted molar refractivity (Wildman–Crippen MR) is 76.6 cm³/mol. The highest BCUT2D eigenvalue weighted by Crippen LogP contribution is 2.32. The third kappa shape index (κ3) is 4.23. The van der Waals surface area contributed by atoms with Gasteiger partial charge < -0.3 is 9.73 Å². The summed E-state index contributed by atoms with van der Waals surface area (Å²) < 4.78 is 5.32. The fourth-order valence-electron chi connectivity index (χ4n) is 1.56. The van der Waals surface area contributed by atoms with Crippen LogP contribution < -0.4 is 5.32 Å². The minimum atomic E-state index is 0.510. The molecule has 0 unspecified atom stereocenters. The predicted octanol–water partition coefficient (Wildman–Crippen LogP) is 3.68. The molecule has 4 nitrogen and oxygen atoms in total. The quantitative estimate of drug-likeness (QED) is 0.824. The molecule has 2 aromatic rings. The number of aromatic nitrogens is 2. The highest BCUT2D eigenvalue weighted by Gasteiger charge is 2.09. The van der Waals surface area contributed by atoms with Crippen molar-refractivity contribution < 1.29 is 4.42 Å². The van der Waals surface area contributed by atoms with Crippen LogP contribution in [-0.2, 0) is 6.54 Å². The smallest absolute Gasteiger partial charge is 0.281 e. The lowest BCUT2D eigenvalue weighted by atomic mass is 10.2. The first-order valence-electron chi connectivity index (χ1n) is 6.16. The van der Waals surface area contributed by atoms with Crippen molar-refractivity contribution in [3.05, 3.63) is 34.7 Å². The molecule has 1 aromatic carbocycles. The summed E-state index contributed by atoms with van der Waals surface area (Å²) in [6, 6.07) is 6.01. The molecule has 0 saturated carbocycles. The normalized spacial score (nSPS) is 10.9. The van der Waals surface area contributed by atoms with Gasteiger partial charge >= 0.3 is 0 Å². The molecule has 1 heterocycles. The molecule has 0 aliphatic heterocycles. The minimum Gasteiger partial charge on any atom is -0.416 e. The number of aryl methyl sites for hydroxylation is 1. The molecule has 0 aliphatic carbocycles. The zero-order chi connectivity index (χ0) is 13.7. The van der Waals surface area contributed by atoms with Gasteiger partial charge in [0.05, 0.1) is 5.02 Å². The molecular formula is C13H16ClN3OS. The van der Waals surface area contributed by atoms with Crippen molar-refractivity contribution in [2.24, 2.45) is 0 Å². The molecule has 6 heteroatoms. The number of hydrogen-bond acceptors (Lipinski definition) is 5. The van der Waals surface area contributed by atoms with E-state index in [1.165, 1.54) is 17.3 Å². The Morgan fingerprint density at radius 2 is 2.21 bits per heavy atom. The van der Waals surface area contributed by atoms with E-state index in [0.717, 1.165) is 24.4 Å². The maximum absolute atomic E-state index is 6.26. The second-order valence-electron chi connectivity index (χ2n) is 4.13. The topological polar surface area (TPSA) is 51.0 Å². The molecule has 19 heavy (non-hydrogen) atoms. The van der Waals surface area contributed by atoms with E-state index in [1.807, 2.05) is 12.1 Å². The Morgan fingerprint density at radius 3 is 2.84 bits per heavy atom. The number of nitrogens with one attached hydrogen (secondary N) is 1. The van der Waals surface area contributed by atoms with E-state index < -0.39 is 0 Å². The van der Waals surface area contributed by atoms with Crippen molar-refractivity contribution in [2.75, 3.05) is 6.54 Å². The van der Waals surface area contributed by atoms with Gasteiger partial charge in [0, 0.05) is 18.4 Å². The molecule has 1 N–H and O–H groups in total. The van der Waals surface area contributed by atoms with Gasteiger partial charge in [-0.2, -0.15) is 0 Å². The second kappa shape index (κ2) is 6.93. The fourth-order valence-corrected chi connectivity index (χ4v) is 2.60. The maximum Gasteiger partial charge on any atom is 0.281 e.